The van der Waals surface area contributed by atoms with Crippen LogP contribution < -0.4 is 9.62 Å². The fourth-order valence-corrected chi connectivity index (χ4v) is 5.44. The van der Waals surface area contributed by atoms with Crippen LogP contribution in [0.1, 0.15) is 31.9 Å². The Bertz CT molecular complexity index is 1350. The Morgan fingerprint density at radius 2 is 1.58 bits per heavy atom. The van der Waals surface area contributed by atoms with Gasteiger partial charge in [0.1, 0.15) is 12.6 Å². The predicted octanol–water partition coefficient (Wildman–Crippen LogP) is 5.03. The second-order valence-electron chi connectivity index (χ2n) is 9.63. The first-order valence-corrected chi connectivity index (χ1v) is 14.3. The van der Waals surface area contributed by atoms with Gasteiger partial charge in [-0.05, 0) is 61.7 Å². The Balaban J connectivity index is 1.98. The van der Waals surface area contributed by atoms with Gasteiger partial charge in [0.2, 0.25) is 11.8 Å². The summed E-state index contributed by atoms with van der Waals surface area (Å²) in [5, 5.41) is 3.28. The molecule has 0 heterocycles. The molecule has 1 atom stereocenters. The van der Waals surface area contributed by atoms with E-state index in [4.69, 9.17) is 11.6 Å². The molecule has 0 aromatic heterocycles. The van der Waals surface area contributed by atoms with Crippen molar-refractivity contribution in [3.63, 3.8) is 0 Å². The van der Waals surface area contributed by atoms with E-state index in [1.54, 1.807) is 37.3 Å². The van der Waals surface area contributed by atoms with Crippen LogP contribution in [0.5, 0.6) is 0 Å². The molecule has 38 heavy (non-hydrogen) atoms. The van der Waals surface area contributed by atoms with Crippen molar-refractivity contribution in [2.24, 2.45) is 5.92 Å². The number of sulfonamides is 1. The molecule has 3 aromatic rings. The number of nitrogens with one attached hydrogen (secondary N) is 1. The second kappa shape index (κ2) is 12.9. The van der Waals surface area contributed by atoms with Crippen molar-refractivity contribution in [2.45, 2.75) is 45.2 Å². The minimum absolute atomic E-state index is 0.00603. The Kier molecular flexibility index (Phi) is 9.94. The van der Waals surface area contributed by atoms with Crippen LogP contribution in [0.25, 0.3) is 0 Å². The van der Waals surface area contributed by atoms with Crippen molar-refractivity contribution < 1.29 is 18.0 Å². The summed E-state index contributed by atoms with van der Waals surface area (Å²) >= 11 is 5.97. The van der Waals surface area contributed by atoms with E-state index in [0.717, 1.165) is 15.4 Å². The summed E-state index contributed by atoms with van der Waals surface area (Å²) in [6.07, 6.45) is 0. The molecule has 1 N–H and O–H groups in total. The number of halogens is 1. The lowest BCUT2D eigenvalue weighted by molar-refractivity contribution is -0.139. The molecule has 1 unspecified atom stereocenters. The van der Waals surface area contributed by atoms with E-state index in [0.29, 0.717) is 17.3 Å². The zero-order valence-corrected chi connectivity index (χ0v) is 23.7. The highest BCUT2D eigenvalue weighted by Crippen LogP contribution is 2.25. The number of anilines is 1. The van der Waals surface area contributed by atoms with Gasteiger partial charge in [0, 0.05) is 18.1 Å². The molecule has 0 spiro atoms. The molecule has 3 aromatic carbocycles. The summed E-state index contributed by atoms with van der Waals surface area (Å²) in [7, 11) is -4.12. The van der Waals surface area contributed by atoms with Crippen LogP contribution in [0.3, 0.4) is 0 Å². The SMILES string of the molecule is Cc1cccc(CN(C(=O)CN(c2ccccc2)S(=O)(=O)c2ccc(Cl)cc2)C(C)C(=O)NCC(C)C)c1. The number of rotatable bonds is 11. The highest BCUT2D eigenvalue weighted by atomic mass is 35.5. The summed E-state index contributed by atoms with van der Waals surface area (Å²) in [6, 6.07) is 21.1. The van der Waals surface area contributed by atoms with E-state index in [2.05, 4.69) is 5.32 Å². The number of carbonyl (C=O) groups excluding carboxylic acids is 2. The van der Waals surface area contributed by atoms with Gasteiger partial charge in [0.05, 0.1) is 10.6 Å². The second-order valence-corrected chi connectivity index (χ2v) is 11.9. The largest absolute Gasteiger partial charge is 0.354 e. The quantitative estimate of drug-likeness (QED) is 0.359. The van der Waals surface area contributed by atoms with E-state index in [1.165, 1.54) is 29.2 Å². The predicted molar refractivity (Wildman–Crippen MR) is 151 cm³/mol. The average molecular weight is 556 g/mol. The van der Waals surface area contributed by atoms with Gasteiger partial charge in [-0.1, -0.05) is 73.5 Å². The molecule has 0 saturated heterocycles. The van der Waals surface area contributed by atoms with Gasteiger partial charge in [-0.3, -0.25) is 13.9 Å². The lowest BCUT2D eigenvalue weighted by atomic mass is 10.1. The van der Waals surface area contributed by atoms with Crippen LogP contribution in [0.2, 0.25) is 5.02 Å². The molecular formula is C29H34ClN3O4S. The van der Waals surface area contributed by atoms with E-state index in [-0.39, 0.29) is 23.3 Å². The molecule has 0 fully saturated rings. The standard InChI is InChI=1S/C29H34ClN3O4S/c1-21(2)18-31-29(35)23(4)32(19-24-10-8-9-22(3)17-24)28(34)20-33(26-11-6-5-7-12-26)38(36,37)27-15-13-25(30)14-16-27/h5-17,21,23H,18-20H2,1-4H3,(H,31,35). The first-order valence-electron chi connectivity index (χ1n) is 12.4. The molecular weight excluding hydrogens is 522 g/mol. The van der Waals surface area contributed by atoms with Crippen molar-refractivity contribution in [2.75, 3.05) is 17.4 Å². The molecule has 0 aliphatic carbocycles. The molecule has 202 valence electrons. The van der Waals surface area contributed by atoms with Crippen LogP contribution in [0, 0.1) is 12.8 Å². The van der Waals surface area contributed by atoms with Gasteiger partial charge in [-0.2, -0.15) is 0 Å². The third kappa shape index (κ3) is 7.58. The van der Waals surface area contributed by atoms with Crippen LogP contribution in [-0.4, -0.2) is 44.3 Å². The van der Waals surface area contributed by atoms with Crippen molar-refractivity contribution in [3.8, 4) is 0 Å². The Hall–Kier alpha value is -3.36. The number of amides is 2. The van der Waals surface area contributed by atoms with E-state index in [9.17, 15) is 18.0 Å². The lowest BCUT2D eigenvalue weighted by Crippen LogP contribution is -2.51. The smallest absolute Gasteiger partial charge is 0.264 e. The highest BCUT2D eigenvalue weighted by molar-refractivity contribution is 7.92. The molecule has 0 aliphatic heterocycles. The zero-order valence-electron chi connectivity index (χ0n) is 22.1. The summed E-state index contributed by atoms with van der Waals surface area (Å²) in [5.74, 6) is -0.559. The zero-order chi connectivity index (χ0) is 27.9. The Morgan fingerprint density at radius 3 is 2.18 bits per heavy atom. The number of carbonyl (C=O) groups is 2. The first kappa shape index (κ1) is 29.2. The maximum atomic E-state index is 13.9. The summed E-state index contributed by atoms with van der Waals surface area (Å²) < 4.78 is 28.5. The van der Waals surface area contributed by atoms with Crippen molar-refractivity contribution in [3.05, 3.63) is 95.0 Å². The molecule has 9 heteroatoms. The molecule has 3 rings (SSSR count). The van der Waals surface area contributed by atoms with Crippen LogP contribution in [-0.2, 0) is 26.2 Å². The number of nitrogens with zero attached hydrogens (tertiary/aromatic N) is 2. The molecule has 2 amide bonds. The van der Waals surface area contributed by atoms with E-state index < -0.39 is 28.5 Å². The van der Waals surface area contributed by atoms with Gasteiger partial charge in [-0.25, -0.2) is 8.42 Å². The normalized spacial score (nSPS) is 12.2. The molecule has 0 saturated carbocycles. The topological polar surface area (TPSA) is 86.8 Å². The third-order valence-electron chi connectivity index (χ3n) is 6.01. The molecule has 0 bridgehead atoms. The molecule has 0 aliphatic rings. The number of aryl methyl sites for hydroxylation is 1. The van der Waals surface area contributed by atoms with Crippen LogP contribution in [0.15, 0.2) is 83.8 Å². The Morgan fingerprint density at radius 1 is 0.921 bits per heavy atom. The summed E-state index contributed by atoms with van der Waals surface area (Å²) in [5.41, 5.74) is 2.19. The Labute approximate surface area is 230 Å². The number of hydrogen-bond acceptors (Lipinski definition) is 4. The fourth-order valence-electron chi connectivity index (χ4n) is 3.90. The molecule has 0 radical (unpaired) electrons. The first-order chi connectivity index (χ1) is 18.0. The summed E-state index contributed by atoms with van der Waals surface area (Å²) in [6.45, 7) is 7.72. The maximum absolute atomic E-state index is 13.9. The third-order valence-corrected chi connectivity index (χ3v) is 8.05. The van der Waals surface area contributed by atoms with Crippen molar-refractivity contribution in [1.29, 1.82) is 0 Å². The van der Waals surface area contributed by atoms with Gasteiger partial charge in [-0.15, -0.1) is 0 Å². The van der Waals surface area contributed by atoms with E-state index in [1.807, 2.05) is 45.0 Å². The number of benzene rings is 3. The van der Waals surface area contributed by atoms with Gasteiger partial charge < -0.3 is 10.2 Å². The minimum atomic E-state index is -4.12. The van der Waals surface area contributed by atoms with Crippen molar-refractivity contribution in [1.82, 2.24) is 10.2 Å². The van der Waals surface area contributed by atoms with Gasteiger partial charge in [0.15, 0.2) is 0 Å². The highest BCUT2D eigenvalue weighted by Gasteiger charge is 2.32. The van der Waals surface area contributed by atoms with Gasteiger partial charge in [0.25, 0.3) is 10.0 Å². The van der Waals surface area contributed by atoms with E-state index >= 15 is 0 Å². The van der Waals surface area contributed by atoms with Crippen molar-refractivity contribution >= 4 is 39.1 Å². The van der Waals surface area contributed by atoms with Crippen LogP contribution in [0.4, 0.5) is 5.69 Å². The van der Waals surface area contributed by atoms with Gasteiger partial charge >= 0.3 is 0 Å². The lowest BCUT2D eigenvalue weighted by Gasteiger charge is -2.32. The molecule has 7 nitrogen and oxygen atoms in total. The number of hydrogen-bond donors (Lipinski definition) is 1. The fraction of sp³-hybridized carbons (Fsp3) is 0.310. The monoisotopic (exact) mass is 555 g/mol. The minimum Gasteiger partial charge on any atom is -0.354 e. The maximum Gasteiger partial charge on any atom is 0.264 e. The van der Waals surface area contributed by atoms with Crippen LogP contribution >= 0.6 is 11.6 Å². The number of para-hydroxylation sites is 1. The average Bonchev–Trinajstić information content (AvgIpc) is 2.89. The summed E-state index contributed by atoms with van der Waals surface area (Å²) in [4.78, 5) is 28.3.